The van der Waals surface area contributed by atoms with Gasteiger partial charge in [0.1, 0.15) is 11.5 Å². The number of sulfone groups is 1. The monoisotopic (exact) mass is 305 g/mol. The summed E-state index contributed by atoms with van der Waals surface area (Å²) in [5, 5.41) is 0. The zero-order valence-electron chi connectivity index (χ0n) is 10.9. The highest BCUT2D eigenvalue weighted by Gasteiger charge is 2.18. The zero-order chi connectivity index (χ0) is 15.0. The van der Waals surface area contributed by atoms with Gasteiger partial charge in [0.25, 0.3) is 0 Å². The van der Waals surface area contributed by atoms with E-state index in [9.17, 15) is 12.8 Å². The zero-order valence-corrected chi connectivity index (χ0v) is 11.7. The summed E-state index contributed by atoms with van der Waals surface area (Å²) in [5.74, 6) is -1.04. The first-order valence-electron chi connectivity index (χ1n) is 6.16. The molecule has 5 nitrogen and oxygen atoms in total. The van der Waals surface area contributed by atoms with E-state index in [1.807, 2.05) is 12.1 Å². The lowest BCUT2D eigenvalue weighted by atomic mass is 10.3. The van der Waals surface area contributed by atoms with Crippen molar-refractivity contribution in [3.8, 4) is 0 Å². The third kappa shape index (κ3) is 2.59. The van der Waals surface area contributed by atoms with E-state index in [1.54, 1.807) is 22.9 Å². The van der Waals surface area contributed by atoms with Crippen LogP contribution < -0.4 is 5.73 Å². The predicted octanol–water partition coefficient (Wildman–Crippen LogP) is 2.03. The Hall–Kier alpha value is -2.41. The maximum absolute atomic E-state index is 13.4. The fourth-order valence-electron chi connectivity index (χ4n) is 2.04. The van der Waals surface area contributed by atoms with E-state index in [1.165, 1.54) is 12.1 Å². The molecule has 0 aliphatic heterocycles. The Balaban J connectivity index is 1.96. The highest BCUT2D eigenvalue weighted by molar-refractivity contribution is 7.90. The predicted molar refractivity (Wildman–Crippen MR) is 76.9 cm³/mol. The molecule has 0 aliphatic carbocycles. The Morgan fingerprint density at radius 1 is 1.24 bits per heavy atom. The molecule has 2 aromatic heterocycles. The van der Waals surface area contributed by atoms with Crippen LogP contribution >= 0.6 is 0 Å². The molecule has 1 aromatic carbocycles. The number of nitrogens with zero attached hydrogens (tertiary/aromatic N) is 2. The van der Waals surface area contributed by atoms with Gasteiger partial charge in [-0.05, 0) is 30.3 Å². The number of anilines is 1. The average Bonchev–Trinajstić information content (AvgIpc) is 2.82. The Labute approximate surface area is 120 Å². The molecule has 0 aliphatic rings. The molecule has 0 unspecified atom stereocenters. The number of hydrogen-bond donors (Lipinski definition) is 1. The van der Waals surface area contributed by atoms with Crippen molar-refractivity contribution < 1.29 is 12.8 Å². The Morgan fingerprint density at radius 2 is 2.05 bits per heavy atom. The van der Waals surface area contributed by atoms with Gasteiger partial charge < -0.3 is 10.1 Å². The molecule has 2 N–H and O–H groups in total. The van der Waals surface area contributed by atoms with Crippen LogP contribution in [0.2, 0.25) is 0 Å². The summed E-state index contributed by atoms with van der Waals surface area (Å²) in [6, 6.07) is 8.88. The molecule has 3 aromatic rings. The van der Waals surface area contributed by atoms with Crippen LogP contribution in [0.25, 0.3) is 5.65 Å². The first-order chi connectivity index (χ1) is 9.95. The first kappa shape index (κ1) is 13.6. The largest absolute Gasteiger partial charge is 0.396 e. The normalized spacial score (nSPS) is 11.9. The number of halogens is 1. The number of hydrogen-bond acceptors (Lipinski definition) is 4. The maximum Gasteiger partial charge on any atom is 0.184 e. The third-order valence-electron chi connectivity index (χ3n) is 3.08. The summed E-state index contributed by atoms with van der Waals surface area (Å²) in [4.78, 5) is 4.12. The summed E-state index contributed by atoms with van der Waals surface area (Å²) in [5.41, 5.74) is 6.33. The molecule has 21 heavy (non-hydrogen) atoms. The smallest absolute Gasteiger partial charge is 0.184 e. The highest BCUT2D eigenvalue weighted by Crippen LogP contribution is 2.20. The third-order valence-corrected chi connectivity index (χ3v) is 4.73. The van der Waals surface area contributed by atoms with E-state index in [-0.39, 0.29) is 16.3 Å². The van der Waals surface area contributed by atoms with E-state index < -0.39 is 15.7 Å². The molecule has 7 heteroatoms. The quantitative estimate of drug-likeness (QED) is 0.751. The van der Waals surface area contributed by atoms with Gasteiger partial charge in [-0.2, -0.15) is 0 Å². The fourth-order valence-corrected chi connectivity index (χ4v) is 3.29. The van der Waals surface area contributed by atoms with Crippen LogP contribution in [0, 0.1) is 5.82 Å². The van der Waals surface area contributed by atoms with Crippen molar-refractivity contribution in [1.82, 2.24) is 9.38 Å². The van der Waals surface area contributed by atoms with Crippen LogP contribution in [0.4, 0.5) is 10.1 Å². The fraction of sp³-hybridized carbons (Fsp3) is 0.0714. The molecule has 0 radical (unpaired) electrons. The van der Waals surface area contributed by atoms with Gasteiger partial charge >= 0.3 is 0 Å². The first-order valence-corrected chi connectivity index (χ1v) is 7.81. The number of imidazole rings is 1. The Morgan fingerprint density at radius 3 is 2.76 bits per heavy atom. The molecule has 0 amide bonds. The Kier molecular flexibility index (Phi) is 3.13. The van der Waals surface area contributed by atoms with Gasteiger partial charge in [-0.25, -0.2) is 17.8 Å². The second kappa shape index (κ2) is 4.85. The van der Waals surface area contributed by atoms with E-state index >= 15 is 0 Å². The molecule has 3 rings (SSSR count). The van der Waals surface area contributed by atoms with Crippen LogP contribution in [0.1, 0.15) is 5.69 Å². The standard InChI is InChI=1S/C14H12FN3O2S/c15-12-7-11(4-5-13(12)16)21(19,20)9-10-8-18-6-2-1-3-14(18)17-10/h1-8H,9,16H2. The Bertz CT molecular complexity index is 886. The summed E-state index contributed by atoms with van der Waals surface area (Å²) in [7, 11) is -3.67. The molecule has 0 bridgehead atoms. The van der Waals surface area contributed by atoms with E-state index in [0.717, 1.165) is 6.07 Å². The van der Waals surface area contributed by atoms with Crippen LogP contribution in [0.5, 0.6) is 0 Å². The lowest BCUT2D eigenvalue weighted by Crippen LogP contribution is -2.06. The molecule has 0 spiro atoms. The number of pyridine rings is 1. The molecular weight excluding hydrogens is 293 g/mol. The van der Waals surface area contributed by atoms with E-state index in [2.05, 4.69) is 4.98 Å². The van der Waals surface area contributed by atoms with E-state index in [0.29, 0.717) is 11.3 Å². The molecule has 2 heterocycles. The summed E-state index contributed by atoms with van der Waals surface area (Å²) >= 11 is 0. The van der Waals surface area contributed by atoms with Crippen LogP contribution in [0.15, 0.2) is 53.7 Å². The van der Waals surface area contributed by atoms with Crippen LogP contribution in [-0.2, 0) is 15.6 Å². The molecule has 0 fully saturated rings. The number of nitrogen functional groups attached to an aromatic ring is 1. The van der Waals surface area contributed by atoms with Crippen molar-refractivity contribution in [1.29, 1.82) is 0 Å². The lowest BCUT2D eigenvalue weighted by molar-refractivity contribution is 0.590. The van der Waals surface area contributed by atoms with Crippen LogP contribution in [-0.4, -0.2) is 17.8 Å². The van der Waals surface area contributed by atoms with Crippen molar-refractivity contribution in [2.45, 2.75) is 10.6 Å². The molecule has 0 atom stereocenters. The minimum atomic E-state index is -3.67. The van der Waals surface area contributed by atoms with Gasteiger partial charge in [0.2, 0.25) is 0 Å². The second-order valence-corrected chi connectivity index (χ2v) is 6.63. The molecular formula is C14H12FN3O2S. The SMILES string of the molecule is Nc1ccc(S(=O)(=O)Cc2cn3ccccc3n2)cc1F. The number of nitrogens with two attached hydrogens (primary N) is 1. The van der Waals surface area contributed by atoms with Gasteiger partial charge in [-0.15, -0.1) is 0 Å². The van der Waals surface area contributed by atoms with Crippen LogP contribution in [0.3, 0.4) is 0 Å². The van der Waals surface area contributed by atoms with Crippen molar-refractivity contribution in [3.63, 3.8) is 0 Å². The second-order valence-electron chi connectivity index (χ2n) is 4.64. The topological polar surface area (TPSA) is 77.5 Å². The van der Waals surface area contributed by atoms with Crippen molar-refractivity contribution in [3.05, 3.63) is 60.3 Å². The summed E-state index contributed by atoms with van der Waals surface area (Å²) in [6.07, 6.45) is 3.42. The molecule has 0 saturated carbocycles. The molecule has 108 valence electrons. The summed E-state index contributed by atoms with van der Waals surface area (Å²) < 4.78 is 39.7. The highest BCUT2D eigenvalue weighted by atomic mass is 32.2. The minimum absolute atomic E-state index is 0.0818. The van der Waals surface area contributed by atoms with Crippen molar-refractivity contribution in [2.24, 2.45) is 0 Å². The van der Waals surface area contributed by atoms with Gasteiger partial charge in [0.15, 0.2) is 9.84 Å². The summed E-state index contributed by atoms with van der Waals surface area (Å²) in [6.45, 7) is 0. The molecule has 0 saturated heterocycles. The maximum atomic E-state index is 13.4. The number of aromatic nitrogens is 2. The number of rotatable bonds is 3. The van der Waals surface area contributed by atoms with Crippen molar-refractivity contribution >= 4 is 21.2 Å². The minimum Gasteiger partial charge on any atom is -0.396 e. The number of fused-ring (bicyclic) bond motifs is 1. The van der Waals surface area contributed by atoms with Gasteiger partial charge in [0.05, 0.1) is 22.0 Å². The van der Waals surface area contributed by atoms with Crippen molar-refractivity contribution in [2.75, 3.05) is 5.73 Å². The number of benzene rings is 1. The van der Waals surface area contributed by atoms with Gasteiger partial charge in [0, 0.05) is 12.4 Å². The lowest BCUT2D eigenvalue weighted by Gasteiger charge is -2.04. The van der Waals surface area contributed by atoms with E-state index in [4.69, 9.17) is 5.73 Å². The van der Waals surface area contributed by atoms with Gasteiger partial charge in [-0.3, -0.25) is 0 Å². The average molecular weight is 305 g/mol. The van der Waals surface area contributed by atoms with Gasteiger partial charge in [-0.1, -0.05) is 6.07 Å².